The molecular formula is C18H19N5O3S. The molecule has 0 atom stereocenters. The molecule has 0 unspecified atom stereocenters. The molecule has 0 aliphatic carbocycles. The van der Waals surface area contributed by atoms with Crippen molar-refractivity contribution in [2.24, 2.45) is 0 Å². The number of rotatable bonds is 6. The Labute approximate surface area is 160 Å². The van der Waals surface area contributed by atoms with E-state index in [1.807, 2.05) is 0 Å². The number of benzene rings is 1. The Morgan fingerprint density at radius 1 is 1.26 bits per heavy atom. The van der Waals surface area contributed by atoms with Gasteiger partial charge in [-0.25, -0.2) is 0 Å². The molecule has 1 fully saturated rings. The molecule has 3 amide bonds. The van der Waals surface area contributed by atoms with Crippen LogP contribution in [0.5, 0.6) is 0 Å². The zero-order valence-electron chi connectivity index (χ0n) is 14.7. The molecule has 2 aromatic rings. The van der Waals surface area contributed by atoms with Crippen molar-refractivity contribution in [2.75, 3.05) is 12.3 Å². The Hall–Kier alpha value is -2.68. The van der Waals surface area contributed by atoms with Gasteiger partial charge in [0, 0.05) is 31.5 Å². The molecule has 1 N–H and O–H groups in total. The predicted octanol–water partition coefficient (Wildman–Crippen LogP) is 1.39. The summed E-state index contributed by atoms with van der Waals surface area (Å²) in [6.07, 6.45) is 2.69. The van der Waals surface area contributed by atoms with Crippen LogP contribution in [0.4, 0.5) is 4.79 Å². The van der Waals surface area contributed by atoms with Crippen LogP contribution in [0.15, 0.2) is 24.3 Å². The molecule has 3 heterocycles. The summed E-state index contributed by atoms with van der Waals surface area (Å²) in [6, 6.07) is 7.00. The first kappa shape index (κ1) is 17.7. The van der Waals surface area contributed by atoms with Gasteiger partial charge in [0.1, 0.15) is 11.6 Å². The quantitative estimate of drug-likeness (QED) is 0.807. The molecule has 8 nitrogen and oxygen atoms in total. The van der Waals surface area contributed by atoms with E-state index < -0.39 is 0 Å². The van der Waals surface area contributed by atoms with E-state index in [9.17, 15) is 14.4 Å². The largest absolute Gasteiger partial charge is 0.352 e. The van der Waals surface area contributed by atoms with Gasteiger partial charge in [0.05, 0.1) is 12.3 Å². The lowest BCUT2D eigenvalue weighted by molar-refractivity contribution is -0.125. The lowest BCUT2D eigenvalue weighted by Crippen LogP contribution is -2.29. The number of nitrogens with zero attached hydrogens (tertiary/aromatic N) is 4. The average Bonchev–Trinajstić information content (AvgIpc) is 3.36. The molecular weight excluding hydrogens is 366 g/mol. The minimum atomic E-state index is -0.240. The Bertz CT molecular complexity index is 894. The number of aryl methyl sites for hydroxylation is 1. The topological polar surface area (TPSA) is 97.2 Å². The van der Waals surface area contributed by atoms with Crippen molar-refractivity contribution in [3.63, 3.8) is 0 Å². The van der Waals surface area contributed by atoms with Crippen molar-refractivity contribution in [2.45, 2.75) is 32.4 Å². The highest BCUT2D eigenvalue weighted by molar-refractivity contribution is 8.14. The molecule has 4 rings (SSSR count). The summed E-state index contributed by atoms with van der Waals surface area (Å²) in [5.74, 6) is 1.73. The number of amides is 3. The zero-order chi connectivity index (χ0) is 18.8. The van der Waals surface area contributed by atoms with Crippen molar-refractivity contribution in [3.05, 3.63) is 47.0 Å². The van der Waals surface area contributed by atoms with Gasteiger partial charge in [-0.2, -0.15) is 0 Å². The number of fused-ring (bicyclic) bond motifs is 1. The van der Waals surface area contributed by atoms with Crippen molar-refractivity contribution >= 4 is 28.8 Å². The van der Waals surface area contributed by atoms with Gasteiger partial charge in [-0.3, -0.25) is 19.3 Å². The van der Waals surface area contributed by atoms with Crippen LogP contribution in [0, 0.1) is 0 Å². The fourth-order valence-corrected chi connectivity index (χ4v) is 4.04. The third-order valence-electron chi connectivity index (χ3n) is 4.69. The molecule has 1 aromatic heterocycles. The lowest BCUT2D eigenvalue weighted by atomic mass is 10.1. The summed E-state index contributed by atoms with van der Waals surface area (Å²) in [6.45, 7) is 1.61. The van der Waals surface area contributed by atoms with E-state index in [-0.39, 0.29) is 29.4 Å². The van der Waals surface area contributed by atoms with Crippen molar-refractivity contribution in [3.8, 4) is 0 Å². The van der Waals surface area contributed by atoms with Gasteiger partial charge in [-0.15, -0.1) is 10.2 Å². The maximum atomic E-state index is 12.4. The molecule has 2 aliphatic heterocycles. The molecule has 27 heavy (non-hydrogen) atoms. The Balaban J connectivity index is 1.34. The van der Waals surface area contributed by atoms with E-state index in [1.54, 1.807) is 24.3 Å². The van der Waals surface area contributed by atoms with E-state index in [4.69, 9.17) is 0 Å². The zero-order valence-corrected chi connectivity index (χ0v) is 15.5. The number of hydrogen-bond donors (Lipinski definition) is 1. The molecule has 2 aliphatic rings. The third kappa shape index (κ3) is 3.73. The predicted molar refractivity (Wildman–Crippen MR) is 99.2 cm³/mol. The first-order valence-corrected chi connectivity index (χ1v) is 9.85. The van der Waals surface area contributed by atoms with Crippen LogP contribution in [0.3, 0.4) is 0 Å². The molecule has 9 heteroatoms. The van der Waals surface area contributed by atoms with Gasteiger partial charge in [-0.1, -0.05) is 23.9 Å². The van der Waals surface area contributed by atoms with Gasteiger partial charge in [0.15, 0.2) is 0 Å². The Morgan fingerprint density at radius 2 is 2.15 bits per heavy atom. The maximum absolute atomic E-state index is 12.4. The summed E-state index contributed by atoms with van der Waals surface area (Å²) >= 11 is 1.01. The highest BCUT2D eigenvalue weighted by atomic mass is 32.2. The molecule has 0 spiro atoms. The summed E-state index contributed by atoms with van der Waals surface area (Å²) in [7, 11) is 0. The van der Waals surface area contributed by atoms with Crippen LogP contribution in [0.1, 0.15) is 34.0 Å². The normalized spacial score (nSPS) is 16.1. The smallest absolute Gasteiger partial charge is 0.289 e. The highest BCUT2D eigenvalue weighted by Gasteiger charge is 2.29. The van der Waals surface area contributed by atoms with E-state index in [0.717, 1.165) is 48.4 Å². The van der Waals surface area contributed by atoms with Crippen LogP contribution >= 0.6 is 11.8 Å². The van der Waals surface area contributed by atoms with Crippen molar-refractivity contribution in [1.29, 1.82) is 0 Å². The summed E-state index contributed by atoms with van der Waals surface area (Å²) in [5.41, 5.74) is 1.26. The molecule has 140 valence electrons. The first-order chi connectivity index (χ1) is 13.1. The fourth-order valence-electron chi connectivity index (χ4n) is 3.31. The minimum Gasteiger partial charge on any atom is -0.352 e. The van der Waals surface area contributed by atoms with Crippen LogP contribution in [0.2, 0.25) is 0 Å². The molecule has 0 saturated carbocycles. The van der Waals surface area contributed by atoms with Crippen LogP contribution in [0.25, 0.3) is 0 Å². The van der Waals surface area contributed by atoms with E-state index >= 15 is 0 Å². The van der Waals surface area contributed by atoms with Gasteiger partial charge in [0.2, 0.25) is 5.91 Å². The summed E-state index contributed by atoms with van der Waals surface area (Å²) in [5, 5.41) is 11.0. The summed E-state index contributed by atoms with van der Waals surface area (Å²) in [4.78, 5) is 37.1. The number of hydrogen-bond acceptors (Lipinski definition) is 6. The van der Waals surface area contributed by atoms with E-state index in [0.29, 0.717) is 18.5 Å². The Morgan fingerprint density at radius 3 is 2.96 bits per heavy atom. The molecule has 0 bridgehead atoms. The number of thioether (sulfide) groups is 1. The standard InChI is InChI=1S/C18H19N5O3S/c24-16-11-27-18(26)23(16)10-12-3-1-4-13(9-12)17(25)19-7-6-15-21-20-14-5-2-8-22(14)15/h1,3-4,9H,2,5-8,10-11H2,(H,19,25). The lowest BCUT2D eigenvalue weighted by Gasteiger charge is -2.13. The van der Waals surface area contributed by atoms with Crippen LogP contribution in [-0.4, -0.2) is 49.0 Å². The number of aromatic nitrogens is 3. The monoisotopic (exact) mass is 385 g/mol. The third-order valence-corrected chi connectivity index (χ3v) is 5.55. The van der Waals surface area contributed by atoms with Crippen molar-refractivity contribution < 1.29 is 14.4 Å². The molecule has 1 saturated heterocycles. The van der Waals surface area contributed by atoms with Gasteiger partial charge >= 0.3 is 0 Å². The van der Waals surface area contributed by atoms with E-state index in [2.05, 4.69) is 20.1 Å². The first-order valence-electron chi connectivity index (χ1n) is 8.87. The van der Waals surface area contributed by atoms with E-state index in [1.165, 1.54) is 4.90 Å². The maximum Gasteiger partial charge on any atom is 0.289 e. The van der Waals surface area contributed by atoms with Gasteiger partial charge < -0.3 is 9.88 Å². The fraction of sp³-hybridized carbons (Fsp3) is 0.389. The SMILES string of the molecule is O=C(NCCc1nnc2n1CCC2)c1cccc(CN2C(=O)CSC2=O)c1. The highest BCUT2D eigenvalue weighted by Crippen LogP contribution is 2.21. The summed E-state index contributed by atoms with van der Waals surface area (Å²) < 4.78 is 2.12. The number of carbonyl (C=O) groups excluding carboxylic acids is 3. The van der Waals surface area contributed by atoms with Gasteiger partial charge in [0.25, 0.3) is 11.1 Å². The van der Waals surface area contributed by atoms with Crippen LogP contribution in [-0.2, 0) is 30.7 Å². The molecule has 0 radical (unpaired) electrons. The van der Waals surface area contributed by atoms with Crippen molar-refractivity contribution in [1.82, 2.24) is 25.0 Å². The second-order valence-electron chi connectivity index (χ2n) is 6.53. The molecule has 1 aromatic carbocycles. The number of imide groups is 1. The minimum absolute atomic E-state index is 0.186. The second-order valence-corrected chi connectivity index (χ2v) is 7.45. The average molecular weight is 385 g/mol. The Kier molecular flexibility index (Phi) is 4.93. The number of nitrogens with one attached hydrogen (secondary N) is 1. The van der Waals surface area contributed by atoms with Crippen LogP contribution < -0.4 is 5.32 Å². The van der Waals surface area contributed by atoms with Gasteiger partial charge in [-0.05, 0) is 24.1 Å². The number of carbonyl (C=O) groups is 3. The second kappa shape index (κ2) is 7.51.